The van der Waals surface area contributed by atoms with Crippen LogP contribution >= 0.6 is 0 Å². The highest BCUT2D eigenvalue weighted by molar-refractivity contribution is 5.81. The van der Waals surface area contributed by atoms with E-state index in [9.17, 15) is 4.79 Å². The number of carbonyl (C=O) groups is 1. The molecule has 1 heterocycles. The Morgan fingerprint density at radius 2 is 2.43 bits per heavy atom. The molecular formula is C11H18N2O. The SMILES string of the molecule is C#CCCCNC(=O)[C@H]1CCCCN1. The normalized spacial score (nSPS) is 21.2. The van der Waals surface area contributed by atoms with Crippen molar-refractivity contribution in [3.05, 3.63) is 0 Å². The Bertz CT molecular complexity index is 214. The van der Waals surface area contributed by atoms with Crippen molar-refractivity contribution in [2.75, 3.05) is 13.1 Å². The molecule has 14 heavy (non-hydrogen) atoms. The fourth-order valence-electron chi connectivity index (χ4n) is 1.60. The lowest BCUT2D eigenvalue weighted by Gasteiger charge is -2.22. The zero-order valence-electron chi connectivity index (χ0n) is 8.51. The number of hydrogen-bond acceptors (Lipinski definition) is 2. The van der Waals surface area contributed by atoms with Crippen molar-refractivity contribution >= 4 is 5.91 Å². The van der Waals surface area contributed by atoms with Crippen molar-refractivity contribution in [2.24, 2.45) is 0 Å². The first kappa shape index (κ1) is 11.1. The largest absolute Gasteiger partial charge is 0.355 e. The molecule has 0 bridgehead atoms. The van der Waals surface area contributed by atoms with Gasteiger partial charge in [-0.2, -0.15) is 0 Å². The maximum absolute atomic E-state index is 11.5. The summed E-state index contributed by atoms with van der Waals surface area (Å²) < 4.78 is 0. The van der Waals surface area contributed by atoms with Crippen molar-refractivity contribution in [2.45, 2.75) is 38.1 Å². The van der Waals surface area contributed by atoms with Gasteiger partial charge in [-0.1, -0.05) is 6.42 Å². The van der Waals surface area contributed by atoms with Crippen molar-refractivity contribution in [1.29, 1.82) is 0 Å². The van der Waals surface area contributed by atoms with Gasteiger partial charge < -0.3 is 10.6 Å². The van der Waals surface area contributed by atoms with Gasteiger partial charge in [-0.15, -0.1) is 12.3 Å². The topological polar surface area (TPSA) is 41.1 Å². The van der Waals surface area contributed by atoms with E-state index in [0.29, 0.717) is 6.54 Å². The van der Waals surface area contributed by atoms with Crippen molar-refractivity contribution in [3.63, 3.8) is 0 Å². The number of terminal acetylenes is 1. The molecule has 1 atom stereocenters. The predicted molar refractivity (Wildman–Crippen MR) is 56.7 cm³/mol. The van der Waals surface area contributed by atoms with Gasteiger partial charge in [-0.3, -0.25) is 4.79 Å². The van der Waals surface area contributed by atoms with Gasteiger partial charge in [0.1, 0.15) is 0 Å². The summed E-state index contributed by atoms with van der Waals surface area (Å²) in [4.78, 5) is 11.5. The molecule has 0 radical (unpaired) electrons. The summed E-state index contributed by atoms with van der Waals surface area (Å²) >= 11 is 0. The van der Waals surface area contributed by atoms with Gasteiger partial charge in [0.15, 0.2) is 0 Å². The van der Waals surface area contributed by atoms with E-state index in [2.05, 4.69) is 16.6 Å². The van der Waals surface area contributed by atoms with Crippen molar-refractivity contribution in [3.8, 4) is 12.3 Å². The second-order valence-corrected chi connectivity index (χ2v) is 3.60. The Balaban J connectivity index is 2.11. The molecule has 1 saturated heterocycles. The third-order valence-electron chi connectivity index (χ3n) is 2.42. The van der Waals surface area contributed by atoms with Crippen LogP contribution in [0.4, 0.5) is 0 Å². The Morgan fingerprint density at radius 1 is 1.57 bits per heavy atom. The summed E-state index contributed by atoms with van der Waals surface area (Å²) in [7, 11) is 0. The number of hydrogen-bond donors (Lipinski definition) is 2. The molecule has 3 nitrogen and oxygen atoms in total. The van der Waals surface area contributed by atoms with Gasteiger partial charge in [0.25, 0.3) is 0 Å². The number of carbonyl (C=O) groups excluding carboxylic acids is 1. The molecule has 1 amide bonds. The first-order valence-corrected chi connectivity index (χ1v) is 5.29. The second kappa shape index (κ2) is 6.44. The van der Waals surface area contributed by atoms with Crippen molar-refractivity contribution < 1.29 is 4.79 Å². The quantitative estimate of drug-likeness (QED) is 0.510. The van der Waals surface area contributed by atoms with Gasteiger partial charge in [0.05, 0.1) is 6.04 Å². The van der Waals surface area contributed by atoms with Gasteiger partial charge in [-0.25, -0.2) is 0 Å². The first-order valence-electron chi connectivity index (χ1n) is 5.29. The highest BCUT2D eigenvalue weighted by Gasteiger charge is 2.19. The first-order chi connectivity index (χ1) is 6.84. The average molecular weight is 194 g/mol. The van der Waals surface area contributed by atoms with Crippen LogP contribution in [0.2, 0.25) is 0 Å². The van der Waals surface area contributed by atoms with Crippen LogP contribution in [0.1, 0.15) is 32.1 Å². The Kier molecular flexibility index (Phi) is 5.09. The van der Waals surface area contributed by atoms with Gasteiger partial charge in [0.2, 0.25) is 5.91 Å². The lowest BCUT2D eigenvalue weighted by Crippen LogP contribution is -2.46. The predicted octanol–water partition coefficient (Wildman–Crippen LogP) is 0.658. The monoisotopic (exact) mass is 194 g/mol. The van der Waals surface area contributed by atoms with Crippen LogP contribution < -0.4 is 10.6 Å². The smallest absolute Gasteiger partial charge is 0.237 e. The molecule has 78 valence electrons. The van der Waals surface area contributed by atoms with E-state index in [1.54, 1.807) is 0 Å². The molecule has 1 aliphatic rings. The molecular weight excluding hydrogens is 176 g/mol. The van der Waals surface area contributed by atoms with Crippen LogP contribution in [-0.4, -0.2) is 25.0 Å². The summed E-state index contributed by atoms with van der Waals surface area (Å²) in [5.74, 6) is 2.68. The van der Waals surface area contributed by atoms with E-state index >= 15 is 0 Å². The molecule has 3 heteroatoms. The molecule has 0 aliphatic carbocycles. The Labute approximate surface area is 85.6 Å². The fourth-order valence-corrected chi connectivity index (χ4v) is 1.60. The lowest BCUT2D eigenvalue weighted by molar-refractivity contribution is -0.123. The van der Waals surface area contributed by atoms with E-state index in [-0.39, 0.29) is 11.9 Å². The van der Waals surface area contributed by atoms with Gasteiger partial charge in [-0.05, 0) is 25.8 Å². The molecule has 0 unspecified atom stereocenters. The molecule has 0 aromatic rings. The minimum atomic E-state index is 0.0228. The lowest BCUT2D eigenvalue weighted by atomic mass is 10.0. The average Bonchev–Trinajstić information content (AvgIpc) is 2.25. The maximum Gasteiger partial charge on any atom is 0.237 e. The summed E-state index contributed by atoms with van der Waals surface area (Å²) in [6, 6.07) is 0.0228. The van der Waals surface area contributed by atoms with Crippen molar-refractivity contribution in [1.82, 2.24) is 10.6 Å². The van der Waals surface area contributed by atoms with E-state index in [1.807, 2.05) is 0 Å². The number of amides is 1. The summed E-state index contributed by atoms with van der Waals surface area (Å²) in [5.41, 5.74) is 0. The molecule has 0 saturated carbocycles. The third-order valence-corrected chi connectivity index (χ3v) is 2.42. The van der Waals surface area contributed by atoms with Crippen LogP contribution in [0, 0.1) is 12.3 Å². The highest BCUT2D eigenvalue weighted by atomic mass is 16.2. The molecule has 0 aromatic carbocycles. The minimum Gasteiger partial charge on any atom is -0.355 e. The molecule has 2 N–H and O–H groups in total. The van der Waals surface area contributed by atoms with Crippen LogP contribution in [0.15, 0.2) is 0 Å². The van der Waals surface area contributed by atoms with Gasteiger partial charge >= 0.3 is 0 Å². The molecule has 0 spiro atoms. The summed E-state index contributed by atoms with van der Waals surface area (Å²) in [5, 5.41) is 6.10. The number of nitrogens with one attached hydrogen (secondary N) is 2. The molecule has 1 rings (SSSR count). The highest BCUT2D eigenvalue weighted by Crippen LogP contribution is 2.06. The van der Waals surface area contributed by atoms with E-state index in [0.717, 1.165) is 32.2 Å². The standard InChI is InChI=1S/C11H18N2O/c1-2-3-5-9-13-11(14)10-7-4-6-8-12-10/h1,10,12H,3-9H2,(H,13,14)/t10-/m1/s1. The van der Waals surface area contributed by atoms with Crippen LogP contribution in [-0.2, 0) is 4.79 Å². The third kappa shape index (κ3) is 3.80. The van der Waals surface area contributed by atoms with Gasteiger partial charge in [0, 0.05) is 13.0 Å². The van der Waals surface area contributed by atoms with Crippen LogP contribution in [0.3, 0.4) is 0 Å². The zero-order chi connectivity index (χ0) is 10.2. The Hall–Kier alpha value is -1.01. The zero-order valence-corrected chi connectivity index (χ0v) is 8.51. The molecule has 0 aromatic heterocycles. The Morgan fingerprint density at radius 3 is 3.07 bits per heavy atom. The van der Waals surface area contributed by atoms with E-state index in [4.69, 9.17) is 6.42 Å². The fraction of sp³-hybridized carbons (Fsp3) is 0.727. The maximum atomic E-state index is 11.5. The van der Waals surface area contributed by atoms with Crippen LogP contribution in [0.25, 0.3) is 0 Å². The summed E-state index contributed by atoms with van der Waals surface area (Å²) in [6.07, 6.45) is 10.0. The van der Waals surface area contributed by atoms with E-state index in [1.165, 1.54) is 6.42 Å². The molecule has 1 aliphatic heterocycles. The molecule has 1 fully saturated rings. The number of piperidine rings is 1. The van der Waals surface area contributed by atoms with Crippen LogP contribution in [0.5, 0.6) is 0 Å². The summed E-state index contributed by atoms with van der Waals surface area (Å²) in [6.45, 7) is 1.66. The number of unbranched alkanes of at least 4 members (excludes halogenated alkanes) is 1. The second-order valence-electron chi connectivity index (χ2n) is 3.60. The van der Waals surface area contributed by atoms with E-state index < -0.39 is 0 Å². The minimum absolute atomic E-state index is 0.0228. The number of rotatable bonds is 4.